The zero-order valence-corrected chi connectivity index (χ0v) is 17.3. The normalized spacial score (nSPS) is 11.6. The van der Waals surface area contributed by atoms with Crippen LogP contribution < -0.4 is 5.32 Å². The molecule has 27 heavy (non-hydrogen) atoms. The number of carbonyl (C=O) groups is 1. The molecule has 146 valence electrons. The first-order valence-electron chi connectivity index (χ1n) is 9.28. The Morgan fingerprint density at radius 3 is 2.07 bits per heavy atom. The second-order valence-electron chi connectivity index (χ2n) is 6.70. The van der Waals surface area contributed by atoms with Crippen molar-refractivity contribution in [2.45, 2.75) is 45.4 Å². The van der Waals surface area contributed by atoms with Gasteiger partial charge in [0.15, 0.2) is 0 Å². The third-order valence-electron chi connectivity index (χ3n) is 4.33. The maximum absolute atomic E-state index is 12.8. The maximum atomic E-state index is 12.8. The molecule has 0 aliphatic carbocycles. The highest BCUT2D eigenvalue weighted by atomic mass is 32.2. The van der Waals surface area contributed by atoms with Crippen LogP contribution >= 0.6 is 0 Å². The van der Waals surface area contributed by atoms with Gasteiger partial charge in [0.1, 0.15) is 0 Å². The minimum Gasteiger partial charge on any atom is -0.322 e. The van der Waals surface area contributed by atoms with Crippen LogP contribution in [-0.4, -0.2) is 31.7 Å². The van der Waals surface area contributed by atoms with Gasteiger partial charge in [0.05, 0.1) is 4.90 Å². The topological polar surface area (TPSA) is 66.5 Å². The highest BCUT2D eigenvalue weighted by molar-refractivity contribution is 7.89. The molecule has 1 N–H and O–H groups in total. The molecule has 2 aromatic carbocycles. The average molecular weight is 389 g/mol. The van der Waals surface area contributed by atoms with Gasteiger partial charge in [-0.05, 0) is 62.6 Å². The molecule has 6 heteroatoms. The van der Waals surface area contributed by atoms with Crippen LogP contribution in [0.4, 0.5) is 5.69 Å². The number of anilines is 1. The summed E-state index contributed by atoms with van der Waals surface area (Å²) in [6.45, 7) is 8.83. The number of aryl methyl sites for hydroxylation is 2. The zero-order valence-electron chi connectivity index (χ0n) is 16.5. The van der Waals surface area contributed by atoms with Gasteiger partial charge in [-0.1, -0.05) is 31.5 Å². The Morgan fingerprint density at radius 1 is 0.963 bits per heavy atom. The predicted molar refractivity (Wildman–Crippen MR) is 110 cm³/mol. The highest BCUT2D eigenvalue weighted by Gasteiger charge is 2.23. The predicted octanol–water partition coefficient (Wildman–Crippen LogP) is 4.37. The number of nitrogens with zero attached hydrogens (tertiary/aromatic N) is 1. The fraction of sp³-hybridized carbons (Fsp3) is 0.381. The summed E-state index contributed by atoms with van der Waals surface area (Å²) >= 11 is 0. The van der Waals surface area contributed by atoms with Crippen LogP contribution in [0.5, 0.6) is 0 Å². The van der Waals surface area contributed by atoms with E-state index in [-0.39, 0.29) is 10.8 Å². The number of nitrogens with one attached hydrogen (secondary N) is 1. The van der Waals surface area contributed by atoms with Crippen molar-refractivity contribution in [2.75, 3.05) is 18.4 Å². The van der Waals surface area contributed by atoms with Gasteiger partial charge in [0.25, 0.3) is 5.91 Å². The first-order chi connectivity index (χ1) is 12.8. The molecule has 0 aliphatic rings. The van der Waals surface area contributed by atoms with Gasteiger partial charge in [0.2, 0.25) is 10.0 Å². The largest absolute Gasteiger partial charge is 0.322 e. The second kappa shape index (κ2) is 9.15. The van der Waals surface area contributed by atoms with E-state index >= 15 is 0 Å². The molecule has 1 amide bonds. The van der Waals surface area contributed by atoms with E-state index in [1.807, 2.05) is 45.9 Å². The van der Waals surface area contributed by atoms with Crippen LogP contribution in [-0.2, 0) is 10.0 Å². The summed E-state index contributed by atoms with van der Waals surface area (Å²) < 4.78 is 27.1. The smallest absolute Gasteiger partial charge is 0.255 e. The van der Waals surface area contributed by atoms with Crippen molar-refractivity contribution in [3.05, 3.63) is 59.2 Å². The molecule has 0 aliphatic heterocycles. The Hall–Kier alpha value is -2.18. The SMILES string of the molecule is CCCN(CCC)S(=O)(=O)c1ccc(C(=O)Nc2ccc(C)cc2C)cc1. The van der Waals surface area contributed by atoms with Crippen LogP contribution in [0.25, 0.3) is 0 Å². The third kappa shape index (κ3) is 5.17. The molecule has 0 fully saturated rings. The number of carbonyl (C=O) groups excluding carboxylic acids is 1. The minimum absolute atomic E-state index is 0.215. The first-order valence-corrected chi connectivity index (χ1v) is 10.7. The van der Waals surface area contributed by atoms with Crippen molar-refractivity contribution in [2.24, 2.45) is 0 Å². The molecule has 0 radical (unpaired) electrons. The van der Waals surface area contributed by atoms with Crippen LogP contribution in [0.2, 0.25) is 0 Å². The molecule has 5 nitrogen and oxygen atoms in total. The van der Waals surface area contributed by atoms with Crippen molar-refractivity contribution in [3.63, 3.8) is 0 Å². The average Bonchev–Trinajstić information content (AvgIpc) is 2.64. The summed E-state index contributed by atoms with van der Waals surface area (Å²) in [7, 11) is -3.54. The molecule has 0 aromatic heterocycles. The third-order valence-corrected chi connectivity index (χ3v) is 6.24. The van der Waals surface area contributed by atoms with Crippen LogP contribution in [0, 0.1) is 13.8 Å². The van der Waals surface area contributed by atoms with Gasteiger partial charge in [-0.15, -0.1) is 0 Å². The summed E-state index contributed by atoms with van der Waals surface area (Å²) in [6, 6.07) is 11.9. The van der Waals surface area contributed by atoms with Gasteiger partial charge >= 0.3 is 0 Å². The summed E-state index contributed by atoms with van der Waals surface area (Å²) in [6.07, 6.45) is 1.52. The number of benzene rings is 2. The fourth-order valence-corrected chi connectivity index (χ4v) is 4.55. The molecule has 0 saturated heterocycles. The maximum Gasteiger partial charge on any atom is 0.255 e. The van der Waals surface area contributed by atoms with Crippen molar-refractivity contribution < 1.29 is 13.2 Å². The van der Waals surface area contributed by atoms with Gasteiger partial charge in [-0.25, -0.2) is 8.42 Å². The van der Waals surface area contributed by atoms with E-state index in [4.69, 9.17) is 0 Å². The Bertz CT molecular complexity index is 884. The minimum atomic E-state index is -3.54. The molecule has 2 aromatic rings. The lowest BCUT2D eigenvalue weighted by Gasteiger charge is -2.21. The molecule has 0 saturated carbocycles. The lowest BCUT2D eigenvalue weighted by molar-refractivity contribution is 0.102. The summed E-state index contributed by atoms with van der Waals surface area (Å²) in [5.74, 6) is -0.259. The molecule has 2 rings (SSSR count). The van der Waals surface area contributed by atoms with Crippen molar-refractivity contribution >= 4 is 21.6 Å². The van der Waals surface area contributed by atoms with E-state index in [1.54, 1.807) is 12.1 Å². The van der Waals surface area contributed by atoms with Crippen LogP contribution in [0.1, 0.15) is 48.2 Å². The second-order valence-corrected chi connectivity index (χ2v) is 8.64. The molecule has 0 spiro atoms. The standard InChI is InChI=1S/C21H28N2O3S/c1-5-13-23(14-6-2)27(25,26)19-10-8-18(9-11-19)21(24)22-20-12-7-16(3)15-17(20)4/h7-12,15H,5-6,13-14H2,1-4H3,(H,22,24). The summed E-state index contributed by atoms with van der Waals surface area (Å²) in [5.41, 5.74) is 3.28. The Labute approximate surface area is 162 Å². The number of hydrogen-bond acceptors (Lipinski definition) is 3. The first kappa shape index (κ1) is 21.1. The quantitative estimate of drug-likeness (QED) is 0.730. The number of sulfonamides is 1. The van der Waals surface area contributed by atoms with E-state index < -0.39 is 10.0 Å². The van der Waals surface area contributed by atoms with Crippen LogP contribution in [0.3, 0.4) is 0 Å². The van der Waals surface area contributed by atoms with Crippen molar-refractivity contribution in [1.82, 2.24) is 4.31 Å². The molecule has 0 heterocycles. The van der Waals surface area contributed by atoms with Crippen molar-refractivity contribution in [1.29, 1.82) is 0 Å². The lowest BCUT2D eigenvalue weighted by Crippen LogP contribution is -2.32. The van der Waals surface area contributed by atoms with Crippen molar-refractivity contribution in [3.8, 4) is 0 Å². The Balaban J connectivity index is 2.19. The van der Waals surface area contributed by atoms with E-state index in [1.165, 1.54) is 16.4 Å². The van der Waals surface area contributed by atoms with Crippen LogP contribution in [0.15, 0.2) is 47.4 Å². The monoisotopic (exact) mass is 388 g/mol. The number of amides is 1. The molecular weight excluding hydrogens is 360 g/mol. The lowest BCUT2D eigenvalue weighted by atomic mass is 10.1. The van der Waals surface area contributed by atoms with Gasteiger partial charge in [-0.3, -0.25) is 4.79 Å². The highest BCUT2D eigenvalue weighted by Crippen LogP contribution is 2.20. The fourth-order valence-electron chi connectivity index (χ4n) is 2.93. The zero-order chi connectivity index (χ0) is 20.0. The van der Waals surface area contributed by atoms with E-state index in [2.05, 4.69) is 5.32 Å². The van der Waals surface area contributed by atoms with E-state index in [0.29, 0.717) is 18.7 Å². The number of rotatable bonds is 8. The van der Waals surface area contributed by atoms with Gasteiger partial charge < -0.3 is 5.32 Å². The van der Waals surface area contributed by atoms with E-state index in [9.17, 15) is 13.2 Å². The molecule has 0 atom stereocenters. The summed E-state index contributed by atoms with van der Waals surface area (Å²) in [4.78, 5) is 12.7. The molecule has 0 bridgehead atoms. The number of hydrogen-bond donors (Lipinski definition) is 1. The Morgan fingerprint density at radius 2 is 1.56 bits per heavy atom. The van der Waals surface area contributed by atoms with Gasteiger partial charge in [0, 0.05) is 24.3 Å². The summed E-state index contributed by atoms with van der Waals surface area (Å²) in [5, 5.41) is 2.88. The van der Waals surface area contributed by atoms with Gasteiger partial charge in [-0.2, -0.15) is 4.31 Å². The molecule has 0 unspecified atom stereocenters. The Kier molecular flexibility index (Phi) is 7.16. The molecular formula is C21H28N2O3S. The van der Waals surface area contributed by atoms with E-state index in [0.717, 1.165) is 29.7 Å².